The van der Waals surface area contributed by atoms with Gasteiger partial charge in [0.2, 0.25) is 0 Å². The molecule has 0 atom stereocenters. The van der Waals surface area contributed by atoms with E-state index < -0.39 is 0 Å². The minimum atomic E-state index is 0.413. The number of rotatable bonds is 6. The molecular formula is C16H20ClN3O3. The van der Waals surface area contributed by atoms with Gasteiger partial charge in [-0.3, -0.25) is 4.90 Å². The lowest BCUT2D eigenvalue weighted by atomic mass is 10.2. The molecule has 1 aromatic heterocycles. The van der Waals surface area contributed by atoms with Gasteiger partial charge >= 0.3 is 0 Å². The highest BCUT2D eigenvalue weighted by atomic mass is 35.5. The molecule has 0 N–H and O–H groups in total. The predicted octanol–water partition coefficient (Wildman–Crippen LogP) is 2.39. The Morgan fingerprint density at radius 2 is 2.04 bits per heavy atom. The molecule has 0 radical (unpaired) electrons. The van der Waals surface area contributed by atoms with E-state index in [1.54, 1.807) is 7.11 Å². The number of ether oxygens (including phenoxy) is 3. The molecular weight excluding hydrogens is 318 g/mol. The van der Waals surface area contributed by atoms with Crippen molar-refractivity contribution in [1.82, 2.24) is 14.9 Å². The van der Waals surface area contributed by atoms with Crippen LogP contribution in [0.1, 0.15) is 6.42 Å². The highest BCUT2D eigenvalue weighted by Gasteiger charge is 2.12. The van der Waals surface area contributed by atoms with Crippen LogP contribution in [0.4, 0.5) is 0 Å². The molecule has 124 valence electrons. The number of benzene rings is 1. The van der Waals surface area contributed by atoms with Gasteiger partial charge in [-0.25, -0.2) is 9.97 Å². The highest BCUT2D eigenvalue weighted by molar-refractivity contribution is 6.34. The Balaban J connectivity index is 1.63. The molecule has 6 nitrogen and oxygen atoms in total. The standard InChI is InChI=1S/C16H20ClN3O3/c1-21-14-10-13-12(16(17)19-11-18-13)9-15(14)23-6-2-3-20-4-7-22-8-5-20/h9-11H,2-8H2,1H3. The van der Waals surface area contributed by atoms with Crippen molar-refractivity contribution in [2.24, 2.45) is 0 Å². The predicted molar refractivity (Wildman–Crippen MR) is 88.5 cm³/mol. The van der Waals surface area contributed by atoms with Crippen LogP contribution in [0.2, 0.25) is 5.15 Å². The van der Waals surface area contributed by atoms with Crippen LogP contribution in [0.5, 0.6) is 11.5 Å². The average Bonchev–Trinajstić information content (AvgIpc) is 2.59. The summed E-state index contributed by atoms with van der Waals surface area (Å²) in [6.45, 7) is 5.24. The summed E-state index contributed by atoms with van der Waals surface area (Å²) in [5, 5.41) is 1.17. The Hall–Kier alpha value is -1.63. The highest BCUT2D eigenvalue weighted by Crippen LogP contribution is 2.33. The minimum absolute atomic E-state index is 0.413. The molecule has 7 heteroatoms. The van der Waals surface area contributed by atoms with Crippen LogP contribution in [0.25, 0.3) is 10.9 Å². The number of halogens is 1. The van der Waals surface area contributed by atoms with Crippen molar-refractivity contribution < 1.29 is 14.2 Å². The van der Waals surface area contributed by atoms with Crippen molar-refractivity contribution >= 4 is 22.5 Å². The molecule has 1 aliphatic heterocycles. The largest absolute Gasteiger partial charge is 0.493 e. The molecule has 2 heterocycles. The molecule has 0 bridgehead atoms. The van der Waals surface area contributed by atoms with E-state index in [1.165, 1.54) is 6.33 Å². The second-order valence-electron chi connectivity index (χ2n) is 5.34. The van der Waals surface area contributed by atoms with Crippen molar-refractivity contribution in [3.63, 3.8) is 0 Å². The lowest BCUT2D eigenvalue weighted by Crippen LogP contribution is -2.37. The summed E-state index contributed by atoms with van der Waals surface area (Å²) in [7, 11) is 1.62. The maximum absolute atomic E-state index is 6.12. The topological polar surface area (TPSA) is 56.7 Å². The molecule has 3 rings (SSSR count). The quantitative estimate of drug-likeness (QED) is 0.596. The number of nitrogens with zero attached hydrogens (tertiary/aromatic N) is 3. The van der Waals surface area contributed by atoms with Gasteiger partial charge in [0.25, 0.3) is 0 Å². The maximum atomic E-state index is 6.12. The van der Waals surface area contributed by atoms with Gasteiger partial charge in [-0.15, -0.1) is 0 Å². The van der Waals surface area contributed by atoms with Crippen LogP contribution in [0, 0.1) is 0 Å². The van der Waals surface area contributed by atoms with Gasteiger partial charge in [0.15, 0.2) is 11.5 Å². The van der Waals surface area contributed by atoms with Crippen LogP contribution >= 0.6 is 11.6 Å². The molecule has 23 heavy (non-hydrogen) atoms. The van der Waals surface area contributed by atoms with Crippen molar-refractivity contribution in [1.29, 1.82) is 0 Å². The van der Waals surface area contributed by atoms with Crippen LogP contribution in [0.15, 0.2) is 18.5 Å². The second-order valence-corrected chi connectivity index (χ2v) is 5.70. The Labute approximate surface area is 140 Å². The van der Waals surface area contributed by atoms with Crippen molar-refractivity contribution in [3.8, 4) is 11.5 Å². The van der Waals surface area contributed by atoms with Gasteiger partial charge in [-0.05, 0) is 12.5 Å². The third kappa shape index (κ3) is 4.02. The summed E-state index contributed by atoms with van der Waals surface area (Å²) >= 11 is 6.12. The third-order valence-corrected chi connectivity index (χ3v) is 4.15. The van der Waals surface area contributed by atoms with Crippen molar-refractivity contribution in [2.75, 3.05) is 46.6 Å². The fourth-order valence-electron chi connectivity index (χ4n) is 2.60. The van der Waals surface area contributed by atoms with Gasteiger partial charge in [-0.2, -0.15) is 0 Å². The van der Waals surface area contributed by atoms with E-state index in [1.807, 2.05) is 12.1 Å². The van der Waals surface area contributed by atoms with Gasteiger partial charge in [0.1, 0.15) is 11.5 Å². The summed E-state index contributed by atoms with van der Waals surface area (Å²) in [6, 6.07) is 3.66. The Morgan fingerprint density at radius 3 is 2.83 bits per heavy atom. The number of methoxy groups -OCH3 is 1. The van der Waals surface area contributed by atoms with Gasteiger partial charge < -0.3 is 14.2 Å². The van der Waals surface area contributed by atoms with Gasteiger partial charge in [0, 0.05) is 31.1 Å². The van der Waals surface area contributed by atoms with Crippen LogP contribution in [-0.4, -0.2) is 61.4 Å². The number of fused-ring (bicyclic) bond motifs is 1. The molecule has 0 aliphatic carbocycles. The number of hydrogen-bond donors (Lipinski definition) is 0. The summed E-state index contributed by atoms with van der Waals surface area (Å²) < 4.78 is 16.6. The average molecular weight is 338 g/mol. The first-order chi connectivity index (χ1) is 11.3. The molecule has 0 saturated carbocycles. The monoisotopic (exact) mass is 337 g/mol. The van der Waals surface area contributed by atoms with E-state index in [9.17, 15) is 0 Å². The first-order valence-corrected chi connectivity index (χ1v) is 8.07. The Kier molecular flexibility index (Phi) is 5.48. The molecule has 2 aromatic rings. The lowest BCUT2D eigenvalue weighted by molar-refractivity contribution is 0.0357. The van der Waals surface area contributed by atoms with Crippen LogP contribution < -0.4 is 9.47 Å². The Bertz CT molecular complexity index is 662. The molecule has 0 unspecified atom stereocenters. The van der Waals surface area contributed by atoms with E-state index in [2.05, 4.69) is 14.9 Å². The van der Waals surface area contributed by atoms with E-state index in [4.69, 9.17) is 25.8 Å². The van der Waals surface area contributed by atoms with Gasteiger partial charge in [-0.1, -0.05) is 11.6 Å². The molecule has 1 saturated heterocycles. The normalized spacial score (nSPS) is 15.7. The molecule has 0 amide bonds. The molecule has 1 fully saturated rings. The van der Waals surface area contributed by atoms with Crippen molar-refractivity contribution in [3.05, 3.63) is 23.6 Å². The van der Waals surface area contributed by atoms with E-state index in [0.29, 0.717) is 23.3 Å². The number of hydrogen-bond acceptors (Lipinski definition) is 6. The third-order valence-electron chi connectivity index (χ3n) is 3.85. The summed E-state index contributed by atoms with van der Waals surface area (Å²) in [5.41, 5.74) is 0.738. The van der Waals surface area contributed by atoms with Gasteiger partial charge in [0.05, 0.1) is 32.4 Å². The van der Waals surface area contributed by atoms with Crippen molar-refractivity contribution in [2.45, 2.75) is 6.42 Å². The molecule has 1 aliphatic rings. The summed E-state index contributed by atoms with van der Waals surface area (Å²) in [5.74, 6) is 1.32. The first kappa shape index (κ1) is 16.2. The number of morpholine rings is 1. The molecule has 1 aromatic carbocycles. The zero-order valence-corrected chi connectivity index (χ0v) is 13.9. The Morgan fingerprint density at radius 1 is 1.22 bits per heavy atom. The zero-order chi connectivity index (χ0) is 16.1. The van der Waals surface area contributed by atoms with E-state index in [0.717, 1.165) is 50.2 Å². The SMILES string of the molecule is COc1cc2ncnc(Cl)c2cc1OCCCN1CCOCC1. The van der Waals surface area contributed by atoms with E-state index >= 15 is 0 Å². The number of aromatic nitrogens is 2. The zero-order valence-electron chi connectivity index (χ0n) is 13.1. The maximum Gasteiger partial charge on any atom is 0.162 e. The van der Waals surface area contributed by atoms with Crippen LogP contribution in [-0.2, 0) is 4.74 Å². The second kappa shape index (κ2) is 7.77. The van der Waals surface area contributed by atoms with E-state index in [-0.39, 0.29) is 0 Å². The fraction of sp³-hybridized carbons (Fsp3) is 0.500. The fourth-order valence-corrected chi connectivity index (χ4v) is 2.79. The van der Waals surface area contributed by atoms with Crippen LogP contribution in [0.3, 0.4) is 0 Å². The summed E-state index contributed by atoms with van der Waals surface area (Å²) in [4.78, 5) is 10.6. The minimum Gasteiger partial charge on any atom is -0.493 e. The lowest BCUT2D eigenvalue weighted by Gasteiger charge is -2.26. The first-order valence-electron chi connectivity index (χ1n) is 7.69. The summed E-state index contributed by atoms with van der Waals surface area (Å²) in [6.07, 6.45) is 2.38. The molecule has 0 spiro atoms. The smallest absolute Gasteiger partial charge is 0.162 e.